The first-order valence-electron chi connectivity index (χ1n) is 7.12. The van der Waals surface area contributed by atoms with E-state index in [0.717, 1.165) is 12.0 Å². The molecule has 0 aliphatic carbocycles. The Morgan fingerprint density at radius 2 is 1.95 bits per heavy atom. The lowest BCUT2D eigenvalue weighted by atomic mass is 10.0. The van der Waals surface area contributed by atoms with Crippen LogP contribution in [-0.4, -0.2) is 12.6 Å². The number of hydrogen-bond acceptors (Lipinski definition) is 2. The molecule has 0 radical (unpaired) electrons. The van der Waals surface area contributed by atoms with E-state index in [2.05, 4.69) is 32.6 Å². The molecule has 0 aliphatic rings. The monoisotopic (exact) mass is 272 g/mol. The molecule has 1 aromatic carbocycles. The van der Waals surface area contributed by atoms with E-state index in [0.29, 0.717) is 24.9 Å². The van der Waals surface area contributed by atoms with Crippen molar-refractivity contribution in [1.29, 1.82) is 0 Å². The second kappa shape index (κ2) is 9.13. The molecule has 0 fully saturated rings. The molecule has 0 bridgehead atoms. The van der Waals surface area contributed by atoms with Crippen LogP contribution in [0.15, 0.2) is 55.1 Å². The lowest BCUT2D eigenvalue weighted by Gasteiger charge is -2.08. The van der Waals surface area contributed by atoms with Gasteiger partial charge in [-0.2, -0.15) is 0 Å². The Balaban J connectivity index is 2.22. The first-order chi connectivity index (χ1) is 9.61. The average molecular weight is 272 g/mol. The van der Waals surface area contributed by atoms with Gasteiger partial charge in [-0.05, 0) is 23.8 Å². The summed E-state index contributed by atoms with van der Waals surface area (Å²) in [4.78, 5) is 11.7. The molecular formula is C18H24O2. The fourth-order valence-electron chi connectivity index (χ4n) is 1.71. The maximum absolute atomic E-state index is 11.7. The van der Waals surface area contributed by atoms with E-state index in [4.69, 9.17) is 4.74 Å². The van der Waals surface area contributed by atoms with Crippen molar-refractivity contribution in [3.05, 3.63) is 60.7 Å². The Morgan fingerprint density at radius 1 is 1.25 bits per heavy atom. The molecule has 0 spiro atoms. The quantitative estimate of drug-likeness (QED) is 0.524. The van der Waals surface area contributed by atoms with Crippen molar-refractivity contribution in [3.63, 3.8) is 0 Å². The summed E-state index contributed by atoms with van der Waals surface area (Å²) in [5.41, 5.74) is 0.991. The SMILES string of the molecule is C=CC(C)/C=C/C(C)CCOC(=O)Cc1ccccc1. The van der Waals surface area contributed by atoms with Crippen molar-refractivity contribution >= 4 is 5.97 Å². The molecule has 0 aliphatic heterocycles. The van der Waals surface area contributed by atoms with Crippen molar-refractivity contribution < 1.29 is 9.53 Å². The fourth-order valence-corrected chi connectivity index (χ4v) is 1.71. The zero-order chi connectivity index (χ0) is 14.8. The maximum atomic E-state index is 11.7. The summed E-state index contributed by atoms with van der Waals surface area (Å²) >= 11 is 0. The smallest absolute Gasteiger partial charge is 0.310 e. The van der Waals surface area contributed by atoms with Crippen LogP contribution >= 0.6 is 0 Å². The molecule has 0 saturated heterocycles. The van der Waals surface area contributed by atoms with Crippen LogP contribution in [0.4, 0.5) is 0 Å². The third kappa shape index (κ3) is 6.93. The maximum Gasteiger partial charge on any atom is 0.310 e. The van der Waals surface area contributed by atoms with Crippen LogP contribution in [0.2, 0.25) is 0 Å². The summed E-state index contributed by atoms with van der Waals surface area (Å²) in [7, 11) is 0. The van der Waals surface area contributed by atoms with E-state index in [-0.39, 0.29) is 5.97 Å². The molecule has 20 heavy (non-hydrogen) atoms. The predicted molar refractivity (Wildman–Crippen MR) is 83.4 cm³/mol. The minimum Gasteiger partial charge on any atom is -0.465 e. The number of esters is 1. The second-order valence-corrected chi connectivity index (χ2v) is 5.13. The summed E-state index contributed by atoms with van der Waals surface area (Å²) < 4.78 is 5.26. The van der Waals surface area contributed by atoms with Crippen LogP contribution in [0, 0.1) is 11.8 Å². The van der Waals surface area contributed by atoms with Crippen LogP contribution < -0.4 is 0 Å². The number of ether oxygens (including phenoxy) is 1. The molecule has 2 heteroatoms. The fraction of sp³-hybridized carbons (Fsp3) is 0.389. The minimum atomic E-state index is -0.160. The number of allylic oxidation sites excluding steroid dienone is 3. The van der Waals surface area contributed by atoms with Gasteiger partial charge in [-0.25, -0.2) is 0 Å². The molecule has 2 atom stereocenters. The van der Waals surface area contributed by atoms with Gasteiger partial charge in [-0.3, -0.25) is 4.79 Å². The third-order valence-electron chi connectivity index (χ3n) is 3.14. The van der Waals surface area contributed by atoms with Gasteiger partial charge in [0.05, 0.1) is 13.0 Å². The Bertz CT molecular complexity index is 434. The first-order valence-corrected chi connectivity index (χ1v) is 7.12. The number of carbonyl (C=O) groups excluding carboxylic acids is 1. The van der Waals surface area contributed by atoms with Crippen molar-refractivity contribution in [2.45, 2.75) is 26.7 Å². The Hall–Kier alpha value is -1.83. The number of rotatable bonds is 8. The molecule has 1 aromatic rings. The highest BCUT2D eigenvalue weighted by Gasteiger charge is 2.05. The van der Waals surface area contributed by atoms with Gasteiger partial charge >= 0.3 is 5.97 Å². The van der Waals surface area contributed by atoms with Gasteiger partial charge < -0.3 is 4.74 Å². The third-order valence-corrected chi connectivity index (χ3v) is 3.14. The average Bonchev–Trinajstić information content (AvgIpc) is 2.45. The predicted octanol–water partition coefficient (Wildman–Crippen LogP) is 4.18. The number of hydrogen-bond donors (Lipinski definition) is 0. The van der Waals surface area contributed by atoms with Gasteiger partial charge in [-0.15, -0.1) is 6.58 Å². The van der Waals surface area contributed by atoms with E-state index in [1.807, 2.05) is 36.4 Å². The molecule has 0 heterocycles. The Labute approximate surface area is 122 Å². The van der Waals surface area contributed by atoms with Gasteiger partial charge in [0.2, 0.25) is 0 Å². The lowest BCUT2D eigenvalue weighted by molar-refractivity contribution is -0.143. The minimum absolute atomic E-state index is 0.160. The molecule has 0 N–H and O–H groups in total. The van der Waals surface area contributed by atoms with Crippen molar-refractivity contribution in [2.75, 3.05) is 6.61 Å². The molecule has 0 saturated carbocycles. The second-order valence-electron chi connectivity index (χ2n) is 5.13. The van der Waals surface area contributed by atoms with Crippen molar-refractivity contribution in [2.24, 2.45) is 11.8 Å². The summed E-state index contributed by atoms with van der Waals surface area (Å²) in [6, 6.07) is 9.66. The van der Waals surface area contributed by atoms with Crippen LogP contribution in [-0.2, 0) is 16.0 Å². The summed E-state index contributed by atoms with van der Waals surface area (Å²) in [5, 5.41) is 0. The zero-order valence-corrected chi connectivity index (χ0v) is 12.4. The number of benzene rings is 1. The van der Waals surface area contributed by atoms with Crippen molar-refractivity contribution in [1.82, 2.24) is 0 Å². The summed E-state index contributed by atoms with van der Waals surface area (Å²) in [6.07, 6.45) is 7.38. The van der Waals surface area contributed by atoms with Gasteiger partial charge in [0.25, 0.3) is 0 Å². The highest BCUT2D eigenvalue weighted by molar-refractivity contribution is 5.72. The van der Waals surface area contributed by atoms with Crippen molar-refractivity contribution in [3.8, 4) is 0 Å². The zero-order valence-electron chi connectivity index (χ0n) is 12.4. The Morgan fingerprint density at radius 3 is 2.60 bits per heavy atom. The first kappa shape index (κ1) is 16.2. The van der Waals surface area contributed by atoms with Crippen LogP contribution in [0.25, 0.3) is 0 Å². The highest BCUT2D eigenvalue weighted by Crippen LogP contribution is 2.08. The van der Waals surface area contributed by atoms with Gasteiger partial charge in [0, 0.05) is 0 Å². The highest BCUT2D eigenvalue weighted by atomic mass is 16.5. The van der Waals surface area contributed by atoms with E-state index in [1.165, 1.54) is 0 Å². The van der Waals surface area contributed by atoms with Crippen LogP contribution in [0.5, 0.6) is 0 Å². The summed E-state index contributed by atoms with van der Waals surface area (Å²) in [6.45, 7) is 8.43. The largest absolute Gasteiger partial charge is 0.465 e. The van der Waals surface area contributed by atoms with Gasteiger partial charge in [0.1, 0.15) is 0 Å². The van der Waals surface area contributed by atoms with E-state index < -0.39 is 0 Å². The van der Waals surface area contributed by atoms with Crippen LogP contribution in [0.3, 0.4) is 0 Å². The molecule has 108 valence electrons. The van der Waals surface area contributed by atoms with Crippen LogP contribution in [0.1, 0.15) is 25.8 Å². The summed E-state index contributed by atoms with van der Waals surface area (Å²) in [5.74, 6) is 0.631. The van der Waals surface area contributed by atoms with Gasteiger partial charge in [0.15, 0.2) is 0 Å². The Kier molecular flexibility index (Phi) is 7.41. The molecule has 0 aromatic heterocycles. The molecule has 2 unspecified atom stereocenters. The standard InChI is InChI=1S/C18H24O2/c1-4-15(2)10-11-16(3)12-13-20-18(19)14-17-8-6-5-7-9-17/h4-11,15-16H,1,12-14H2,2-3H3/b11-10+. The number of carbonyl (C=O) groups is 1. The topological polar surface area (TPSA) is 26.3 Å². The normalized spacial score (nSPS) is 13.9. The van der Waals surface area contributed by atoms with E-state index >= 15 is 0 Å². The molecule has 0 amide bonds. The van der Waals surface area contributed by atoms with E-state index in [1.54, 1.807) is 0 Å². The molecule has 1 rings (SSSR count). The van der Waals surface area contributed by atoms with Gasteiger partial charge in [-0.1, -0.05) is 62.4 Å². The molecule has 2 nitrogen and oxygen atoms in total. The lowest BCUT2D eigenvalue weighted by Crippen LogP contribution is -2.10. The van der Waals surface area contributed by atoms with E-state index in [9.17, 15) is 4.79 Å². The molecular weight excluding hydrogens is 248 g/mol.